The van der Waals surface area contributed by atoms with Gasteiger partial charge < -0.3 is 10.3 Å². The molecule has 0 amide bonds. The van der Waals surface area contributed by atoms with Crippen molar-refractivity contribution >= 4 is 28.5 Å². The number of alkyl halides is 5. The third kappa shape index (κ3) is 4.34. The van der Waals surface area contributed by atoms with E-state index < -0.39 is 23.2 Å². The van der Waals surface area contributed by atoms with Gasteiger partial charge in [0.15, 0.2) is 4.87 Å². The second-order valence-electron chi connectivity index (χ2n) is 6.64. The SMILES string of the molecule is FC(F)C(Nc1ccc2nc[nH]c2c1)(Sc1ccnc(C(F)(F)F)c1)c1ccccc1. The first-order valence-corrected chi connectivity index (χ1v) is 9.87. The van der Waals surface area contributed by atoms with Crippen LogP contribution in [0.5, 0.6) is 0 Å². The Morgan fingerprint density at radius 3 is 2.42 bits per heavy atom. The Morgan fingerprint density at radius 1 is 0.935 bits per heavy atom. The Bertz CT molecular complexity index is 1180. The van der Waals surface area contributed by atoms with Crippen molar-refractivity contribution in [2.45, 2.75) is 22.4 Å². The quantitative estimate of drug-likeness (QED) is 0.206. The van der Waals surface area contributed by atoms with Crippen LogP contribution in [0.3, 0.4) is 0 Å². The van der Waals surface area contributed by atoms with Crippen molar-refractivity contribution in [1.29, 1.82) is 0 Å². The van der Waals surface area contributed by atoms with Crippen LogP contribution in [0.1, 0.15) is 11.3 Å². The fraction of sp³-hybridized carbons (Fsp3) is 0.143. The molecule has 0 aliphatic heterocycles. The van der Waals surface area contributed by atoms with Gasteiger partial charge in [-0.25, -0.2) is 13.8 Å². The lowest BCUT2D eigenvalue weighted by Gasteiger charge is -2.35. The minimum Gasteiger partial charge on any atom is -0.362 e. The molecule has 160 valence electrons. The molecule has 2 N–H and O–H groups in total. The maximum Gasteiger partial charge on any atom is 0.433 e. The number of anilines is 1. The van der Waals surface area contributed by atoms with E-state index in [1.54, 1.807) is 36.4 Å². The molecular formula is C21H15F5N4S. The molecule has 2 aromatic carbocycles. The number of hydrogen-bond donors (Lipinski definition) is 2. The van der Waals surface area contributed by atoms with Gasteiger partial charge in [0, 0.05) is 16.8 Å². The van der Waals surface area contributed by atoms with E-state index in [0.717, 1.165) is 12.3 Å². The summed E-state index contributed by atoms with van der Waals surface area (Å²) in [6, 6.07) is 14.8. The molecule has 0 aliphatic carbocycles. The molecule has 4 nitrogen and oxygen atoms in total. The van der Waals surface area contributed by atoms with E-state index in [0.29, 0.717) is 28.5 Å². The van der Waals surface area contributed by atoms with Crippen molar-refractivity contribution in [2.24, 2.45) is 0 Å². The molecule has 2 heterocycles. The highest BCUT2D eigenvalue weighted by atomic mass is 32.2. The summed E-state index contributed by atoms with van der Waals surface area (Å²) < 4.78 is 68.6. The highest BCUT2D eigenvalue weighted by Crippen LogP contribution is 2.47. The maximum atomic E-state index is 14.7. The van der Waals surface area contributed by atoms with Crippen LogP contribution in [0.15, 0.2) is 78.1 Å². The van der Waals surface area contributed by atoms with Crippen molar-refractivity contribution in [1.82, 2.24) is 15.0 Å². The van der Waals surface area contributed by atoms with Gasteiger partial charge in [0.05, 0.1) is 17.4 Å². The lowest BCUT2D eigenvalue weighted by Crippen LogP contribution is -2.39. The summed E-state index contributed by atoms with van der Waals surface area (Å²) in [5.74, 6) is 0. The van der Waals surface area contributed by atoms with Gasteiger partial charge in [-0.2, -0.15) is 13.2 Å². The number of nitrogens with one attached hydrogen (secondary N) is 2. The summed E-state index contributed by atoms with van der Waals surface area (Å²) in [6.45, 7) is 0. The summed E-state index contributed by atoms with van der Waals surface area (Å²) in [4.78, 5) is 8.27. The van der Waals surface area contributed by atoms with Gasteiger partial charge in [-0.05, 0) is 35.9 Å². The molecule has 0 spiro atoms. The van der Waals surface area contributed by atoms with Gasteiger partial charge in [0.25, 0.3) is 6.43 Å². The van der Waals surface area contributed by atoms with Crippen molar-refractivity contribution in [3.63, 3.8) is 0 Å². The number of aromatic nitrogens is 3. The van der Waals surface area contributed by atoms with E-state index in [4.69, 9.17) is 0 Å². The second kappa shape index (κ2) is 8.18. The minimum atomic E-state index is -4.68. The molecule has 0 saturated heterocycles. The number of hydrogen-bond acceptors (Lipinski definition) is 4. The molecule has 4 aromatic rings. The molecule has 0 bridgehead atoms. The molecule has 1 unspecified atom stereocenters. The molecule has 0 radical (unpaired) electrons. The van der Waals surface area contributed by atoms with Crippen molar-refractivity contribution < 1.29 is 22.0 Å². The van der Waals surface area contributed by atoms with Gasteiger partial charge in [-0.3, -0.25) is 4.98 Å². The molecule has 10 heteroatoms. The second-order valence-corrected chi connectivity index (χ2v) is 7.96. The number of thioether (sulfide) groups is 1. The van der Waals surface area contributed by atoms with Crippen LogP contribution in [0.4, 0.5) is 27.6 Å². The van der Waals surface area contributed by atoms with Crippen LogP contribution in [0.2, 0.25) is 0 Å². The van der Waals surface area contributed by atoms with Crippen LogP contribution in [-0.4, -0.2) is 21.4 Å². The van der Waals surface area contributed by atoms with E-state index in [9.17, 15) is 22.0 Å². The zero-order chi connectivity index (χ0) is 22.1. The minimum absolute atomic E-state index is 0.00148. The third-order valence-electron chi connectivity index (χ3n) is 4.56. The predicted octanol–water partition coefficient (Wildman–Crippen LogP) is 6.30. The third-order valence-corrected chi connectivity index (χ3v) is 5.89. The Kier molecular flexibility index (Phi) is 5.57. The van der Waals surface area contributed by atoms with Crippen molar-refractivity contribution in [3.8, 4) is 0 Å². The molecule has 2 aromatic heterocycles. The number of imidazole rings is 1. The highest BCUT2D eigenvalue weighted by Gasteiger charge is 2.44. The number of aromatic amines is 1. The first kappa shape index (κ1) is 21.1. The van der Waals surface area contributed by atoms with E-state index in [2.05, 4.69) is 20.3 Å². The van der Waals surface area contributed by atoms with E-state index in [1.165, 1.54) is 24.5 Å². The zero-order valence-electron chi connectivity index (χ0n) is 15.7. The number of rotatable bonds is 6. The van der Waals surface area contributed by atoms with Gasteiger partial charge in [-0.1, -0.05) is 42.1 Å². The highest BCUT2D eigenvalue weighted by molar-refractivity contribution is 8.00. The first-order valence-electron chi connectivity index (χ1n) is 9.05. The van der Waals surface area contributed by atoms with Gasteiger partial charge in [-0.15, -0.1) is 0 Å². The van der Waals surface area contributed by atoms with E-state index in [-0.39, 0.29) is 10.5 Å². The molecule has 0 saturated carbocycles. The Morgan fingerprint density at radius 2 is 1.71 bits per heavy atom. The van der Waals surface area contributed by atoms with Crippen molar-refractivity contribution in [3.05, 3.63) is 84.4 Å². The lowest BCUT2D eigenvalue weighted by molar-refractivity contribution is -0.141. The average Bonchev–Trinajstić information content (AvgIpc) is 3.21. The van der Waals surface area contributed by atoms with Crippen LogP contribution in [0, 0.1) is 0 Å². The van der Waals surface area contributed by atoms with Gasteiger partial charge in [0.1, 0.15) is 5.69 Å². The summed E-state index contributed by atoms with van der Waals surface area (Å²) >= 11 is 0.603. The molecule has 4 rings (SSSR count). The number of benzene rings is 2. The standard InChI is InChI=1S/C21H15F5N4S/c22-19(23)20(13-4-2-1-3-5-13,30-14-6-7-16-17(10-14)29-12-28-16)31-15-8-9-27-18(11-15)21(24,25)26/h1-12,19,30H,(H,28,29). The molecular weight excluding hydrogens is 435 g/mol. The largest absolute Gasteiger partial charge is 0.433 e. The Hall–Kier alpha value is -3.14. The van der Waals surface area contributed by atoms with E-state index >= 15 is 0 Å². The fourth-order valence-electron chi connectivity index (χ4n) is 3.11. The lowest BCUT2D eigenvalue weighted by atomic mass is 10.1. The van der Waals surface area contributed by atoms with Crippen LogP contribution < -0.4 is 5.32 Å². The zero-order valence-corrected chi connectivity index (χ0v) is 16.5. The number of pyridine rings is 1. The van der Waals surface area contributed by atoms with Crippen molar-refractivity contribution in [2.75, 3.05) is 5.32 Å². The topological polar surface area (TPSA) is 53.6 Å². The number of halogens is 5. The summed E-state index contributed by atoms with van der Waals surface area (Å²) in [6.07, 6.45) is -5.21. The number of fused-ring (bicyclic) bond motifs is 1. The smallest absolute Gasteiger partial charge is 0.362 e. The molecule has 31 heavy (non-hydrogen) atoms. The summed E-state index contributed by atoms with van der Waals surface area (Å²) in [5.41, 5.74) is 0.718. The number of nitrogens with zero attached hydrogens (tertiary/aromatic N) is 2. The maximum absolute atomic E-state index is 14.7. The Balaban J connectivity index is 1.80. The molecule has 0 aliphatic rings. The van der Waals surface area contributed by atoms with Gasteiger partial charge >= 0.3 is 6.18 Å². The normalized spacial score (nSPS) is 14.0. The predicted molar refractivity (Wildman–Crippen MR) is 109 cm³/mol. The number of H-pyrrole nitrogens is 1. The first-order chi connectivity index (χ1) is 14.8. The average molecular weight is 450 g/mol. The summed E-state index contributed by atoms with van der Waals surface area (Å²) in [7, 11) is 0. The molecule has 1 atom stereocenters. The van der Waals surface area contributed by atoms with Crippen LogP contribution in [-0.2, 0) is 11.0 Å². The van der Waals surface area contributed by atoms with Gasteiger partial charge in [0.2, 0.25) is 0 Å². The molecule has 0 fully saturated rings. The van der Waals surface area contributed by atoms with Crippen LogP contribution in [0.25, 0.3) is 11.0 Å². The summed E-state index contributed by atoms with van der Waals surface area (Å²) in [5, 5.41) is 2.86. The van der Waals surface area contributed by atoms with Crippen LogP contribution >= 0.6 is 11.8 Å². The van der Waals surface area contributed by atoms with E-state index in [1.807, 2.05) is 0 Å². The monoisotopic (exact) mass is 450 g/mol. The Labute approximate surface area is 177 Å². The fourth-order valence-corrected chi connectivity index (χ4v) is 4.29.